The molecule has 0 fully saturated rings. The first-order valence-corrected chi connectivity index (χ1v) is 15.2. The lowest BCUT2D eigenvalue weighted by Gasteiger charge is -2.19. The van der Waals surface area contributed by atoms with Crippen LogP contribution in [0.3, 0.4) is 0 Å². The second kappa shape index (κ2) is 15.8. The highest BCUT2D eigenvalue weighted by molar-refractivity contribution is 6.10. The van der Waals surface area contributed by atoms with Crippen molar-refractivity contribution in [2.45, 2.75) is 32.1 Å². The van der Waals surface area contributed by atoms with Crippen molar-refractivity contribution in [2.75, 3.05) is 33.5 Å². The number of carbonyl (C=O) groups is 2. The zero-order valence-electron chi connectivity index (χ0n) is 25.1. The Morgan fingerprint density at radius 3 is 1.89 bits per heavy atom. The summed E-state index contributed by atoms with van der Waals surface area (Å²) in [6.45, 7) is 2.34. The first-order valence-electron chi connectivity index (χ1n) is 15.2. The fourth-order valence-electron chi connectivity index (χ4n) is 5.29. The van der Waals surface area contributed by atoms with Crippen LogP contribution in [0.4, 0.5) is 0 Å². The van der Waals surface area contributed by atoms with Gasteiger partial charge < -0.3 is 18.9 Å². The molecule has 0 radical (unpaired) electrons. The highest BCUT2D eigenvalue weighted by Crippen LogP contribution is 2.45. The van der Waals surface area contributed by atoms with Crippen LogP contribution in [0, 0.1) is 0 Å². The minimum absolute atomic E-state index is 0.0175. The Morgan fingerprint density at radius 1 is 0.568 bits per heavy atom. The fraction of sp³-hybridized carbons (Fsp3) is 0.263. The summed E-state index contributed by atoms with van der Waals surface area (Å²) in [5, 5.41) is 4.06. The Kier molecular flexibility index (Phi) is 11.1. The van der Waals surface area contributed by atoms with Gasteiger partial charge in [0.2, 0.25) is 0 Å². The first-order chi connectivity index (χ1) is 21.7. The molecule has 44 heavy (non-hydrogen) atoms. The van der Waals surface area contributed by atoms with Gasteiger partial charge in [-0.15, -0.1) is 0 Å². The Hall–Kier alpha value is -4.52. The molecule has 0 aliphatic rings. The molecule has 0 aliphatic heterocycles. The minimum atomic E-state index is -0.376. The molecule has 6 nitrogen and oxygen atoms in total. The predicted octanol–water partition coefficient (Wildman–Crippen LogP) is 8.44. The predicted molar refractivity (Wildman–Crippen MR) is 175 cm³/mol. The number of hydrogen-bond acceptors (Lipinski definition) is 6. The second-order valence-electron chi connectivity index (χ2n) is 10.6. The molecule has 0 heterocycles. The van der Waals surface area contributed by atoms with Crippen molar-refractivity contribution >= 4 is 33.3 Å². The van der Waals surface area contributed by atoms with Crippen LogP contribution >= 0.6 is 0 Å². The first kappa shape index (κ1) is 30.9. The summed E-state index contributed by atoms with van der Waals surface area (Å²) < 4.78 is 23.1. The monoisotopic (exact) mass is 590 g/mol. The molecule has 6 heteroatoms. The average Bonchev–Trinajstić information content (AvgIpc) is 3.06. The number of ketones is 1. The van der Waals surface area contributed by atoms with Gasteiger partial charge in [0.05, 0.1) is 19.8 Å². The number of carbonyl (C=O) groups excluding carboxylic acids is 2. The molecular weight excluding hydrogens is 552 g/mol. The molecule has 0 aliphatic carbocycles. The van der Waals surface area contributed by atoms with E-state index in [4.69, 9.17) is 18.9 Å². The third-order valence-electron chi connectivity index (χ3n) is 7.51. The maximum atomic E-state index is 13.2. The number of unbranched alkanes of at least 4 members (excludes halogenated alkanes) is 1. The van der Waals surface area contributed by atoms with Gasteiger partial charge in [0.25, 0.3) is 0 Å². The molecule has 0 bridgehead atoms. The summed E-state index contributed by atoms with van der Waals surface area (Å²) in [7, 11) is 1.66. The van der Waals surface area contributed by atoms with Gasteiger partial charge in [0, 0.05) is 43.2 Å². The van der Waals surface area contributed by atoms with E-state index in [1.165, 1.54) is 0 Å². The molecule has 5 aromatic rings. The number of fused-ring (bicyclic) bond motifs is 2. The third kappa shape index (κ3) is 7.90. The topological polar surface area (TPSA) is 71.1 Å². The Bertz CT molecular complexity index is 1690. The molecule has 0 spiro atoms. The lowest BCUT2D eigenvalue weighted by atomic mass is 9.92. The number of Topliss-reactive ketones (excluding diaryl/α,β-unsaturated/α-hetero) is 1. The quantitative estimate of drug-likeness (QED) is 0.0497. The summed E-state index contributed by atoms with van der Waals surface area (Å²) in [6, 6.07) is 33.3. The smallest absolute Gasteiger partial charge is 0.311 e. The molecule has 0 saturated carbocycles. The number of rotatable bonds is 16. The van der Waals surface area contributed by atoms with Crippen LogP contribution in [0.2, 0.25) is 0 Å². The molecule has 0 atom stereocenters. The molecule has 226 valence electrons. The zero-order chi connectivity index (χ0) is 30.6. The van der Waals surface area contributed by atoms with Gasteiger partial charge in [-0.1, -0.05) is 91.0 Å². The third-order valence-corrected chi connectivity index (χ3v) is 7.51. The van der Waals surface area contributed by atoms with Crippen LogP contribution in [0.5, 0.6) is 11.5 Å². The van der Waals surface area contributed by atoms with Gasteiger partial charge in [-0.05, 0) is 52.9 Å². The highest BCUT2D eigenvalue weighted by atomic mass is 16.5. The normalized spacial score (nSPS) is 11.1. The minimum Gasteiger partial charge on any atom is -0.493 e. The second-order valence-corrected chi connectivity index (χ2v) is 10.6. The molecule has 5 aromatic carbocycles. The van der Waals surface area contributed by atoms with E-state index in [1.54, 1.807) is 19.2 Å². The number of esters is 1. The maximum Gasteiger partial charge on any atom is 0.311 e. The van der Waals surface area contributed by atoms with Crippen LogP contribution in [-0.4, -0.2) is 45.3 Å². The summed E-state index contributed by atoms with van der Waals surface area (Å²) in [5.74, 6) is 0.837. The summed E-state index contributed by atoms with van der Waals surface area (Å²) in [6.07, 6.45) is 2.53. The van der Waals surface area contributed by atoms with E-state index >= 15 is 0 Å². The van der Waals surface area contributed by atoms with E-state index < -0.39 is 0 Å². The van der Waals surface area contributed by atoms with Crippen molar-refractivity contribution in [3.8, 4) is 22.6 Å². The van der Waals surface area contributed by atoms with Crippen molar-refractivity contribution in [1.29, 1.82) is 0 Å². The van der Waals surface area contributed by atoms with Gasteiger partial charge in [-0.2, -0.15) is 0 Å². The van der Waals surface area contributed by atoms with Crippen LogP contribution in [0.15, 0.2) is 103 Å². The molecule has 0 aromatic heterocycles. The van der Waals surface area contributed by atoms with E-state index in [2.05, 4.69) is 24.3 Å². The van der Waals surface area contributed by atoms with Gasteiger partial charge >= 0.3 is 5.97 Å². The van der Waals surface area contributed by atoms with Crippen LogP contribution in [0.25, 0.3) is 32.7 Å². The van der Waals surface area contributed by atoms with E-state index in [0.717, 1.165) is 51.3 Å². The van der Waals surface area contributed by atoms with E-state index in [9.17, 15) is 9.59 Å². The number of methoxy groups -OCH3 is 1. The molecule has 0 amide bonds. The molecular formula is C38H38O6. The van der Waals surface area contributed by atoms with E-state index in [-0.39, 0.29) is 24.6 Å². The maximum absolute atomic E-state index is 13.2. The van der Waals surface area contributed by atoms with Gasteiger partial charge in [0.1, 0.15) is 11.5 Å². The molecule has 0 unspecified atom stereocenters. The largest absolute Gasteiger partial charge is 0.493 e. The van der Waals surface area contributed by atoms with E-state index in [1.807, 2.05) is 66.7 Å². The molecule has 5 rings (SSSR count). The Morgan fingerprint density at radius 2 is 1.18 bits per heavy atom. The Labute approximate surface area is 258 Å². The van der Waals surface area contributed by atoms with Crippen molar-refractivity contribution in [3.63, 3.8) is 0 Å². The van der Waals surface area contributed by atoms with Crippen molar-refractivity contribution in [1.82, 2.24) is 0 Å². The summed E-state index contributed by atoms with van der Waals surface area (Å²) >= 11 is 0. The lowest BCUT2D eigenvalue weighted by Crippen LogP contribution is -2.10. The number of hydrogen-bond donors (Lipinski definition) is 0. The lowest BCUT2D eigenvalue weighted by molar-refractivity contribution is -0.134. The number of ether oxygens (including phenoxy) is 4. The van der Waals surface area contributed by atoms with E-state index in [0.29, 0.717) is 44.2 Å². The summed E-state index contributed by atoms with van der Waals surface area (Å²) in [4.78, 5) is 25.7. The SMILES string of the molecule is COCCOCCCCOc1ccc2ccccc2c1-c1c(OC(=O)CCCC(=O)c2ccccc2)ccc2ccccc12. The van der Waals surface area contributed by atoms with Crippen LogP contribution in [-0.2, 0) is 14.3 Å². The highest BCUT2D eigenvalue weighted by Gasteiger charge is 2.21. The standard InChI is InChI=1S/C38H38O6/c1-41-26-27-42-24-9-10-25-43-34-22-20-28-12-5-7-16-31(28)37(34)38-32-17-8-6-13-29(32)21-23-35(38)44-36(40)19-11-18-33(39)30-14-3-2-4-15-30/h2-8,12-17,20-23H,9-11,18-19,24-27H2,1H3. The van der Waals surface area contributed by atoms with Gasteiger partial charge in [-0.25, -0.2) is 0 Å². The Balaban J connectivity index is 1.40. The van der Waals surface area contributed by atoms with Crippen LogP contribution < -0.4 is 9.47 Å². The molecule has 0 saturated heterocycles. The van der Waals surface area contributed by atoms with Crippen LogP contribution in [0.1, 0.15) is 42.5 Å². The average molecular weight is 591 g/mol. The van der Waals surface area contributed by atoms with Crippen molar-refractivity contribution < 1.29 is 28.5 Å². The van der Waals surface area contributed by atoms with Crippen molar-refractivity contribution in [2.24, 2.45) is 0 Å². The van der Waals surface area contributed by atoms with Gasteiger partial charge in [0.15, 0.2) is 5.78 Å². The fourth-order valence-corrected chi connectivity index (χ4v) is 5.29. The molecule has 0 N–H and O–H groups in total. The summed E-state index contributed by atoms with van der Waals surface area (Å²) in [5.41, 5.74) is 2.35. The van der Waals surface area contributed by atoms with Gasteiger partial charge in [-0.3, -0.25) is 9.59 Å². The number of benzene rings is 5. The zero-order valence-corrected chi connectivity index (χ0v) is 25.1. The van der Waals surface area contributed by atoms with Crippen molar-refractivity contribution in [3.05, 3.63) is 109 Å².